The molecule has 3 aromatic rings. The van der Waals surface area contributed by atoms with Crippen LogP contribution in [-0.2, 0) is 0 Å². The number of aromatic nitrogens is 1. The Morgan fingerprint density at radius 1 is 1.00 bits per heavy atom. The molecule has 0 aliphatic carbocycles. The summed E-state index contributed by atoms with van der Waals surface area (Å²) in [5.74, 6) is -0.234. The van der Waals surface area contributed by atoms with Crippen molar-refractivity contribution in [2.24, 2.45) is 0 Å². The van der Waals surface area contributed by atoms with E-state index in [0.29, 0.717) is 0 Å². The summed E-state index contributed by atoms with van der Waals surface area (Å²) in [5, 5.41) is 4.40. The first-order valence-corrected chi connectivity index (χ1v) is 6.52. The van der Waals surface area contributed by atoms with Gasteiger partial charge in [0.25, 0.3) is 0 Å². The molecule has 0 unspecified atom stereocenters. The normalized spacial score (nSPS) is 10.8. The highest BCUT2D eigenvalue weighted by atomic mass is 19.1. The minimum absolute atomic E-state index is 0.234. The van der Waals surface area contributed by atoms with Gasteiger partial charge in [-0.3, -0.25) is 4.98 Å². The molecule has 0 radical (unpaired) electrons. The van der Waals surface area contributed by atoms with Crippen LogP contribution in [0.4, 0.5) is 15.8 Å². The molecule has 1 heterocycles. The number of fused-ring (bicyclic) bond motifs is 1. The Hall–Kier alpha value is -2.42. The smallest absolute Gasteiger partial charge is 0.123 e. The van der Waals surface area contributed by atoms with Crippen LogP contribution in [0.2, 0.25) is 0 Å². The Morgan fingerprint density at radius 2 is 1.75 bits per heavy atom. The second-order valence-electron chi connectivity index (χ2n) is 4.97. The Morgan fingerprint density at radius 3 is 2.50 bits per heavy atom. The van der Waals surface area contributed by atoms with Crippen molar-refractivity contribution in [2.45, 2.75) is 13.8 Å². The SMILES string of the molecule is Cc1cc(C)c2nccc(Nc3ccc(F)cc3)c2c1. The highest BCUT2D eigenvalue weighted by molar-refractivity contribution is 5.95. The number of benzene rings is 2. The van der Waals surface area contributed by atoms with Crippen molar-refractivity contribution in [2.75, 3.05) is 5.32 Å². The van der Waals surface area contributed by atoms with Gasteiger partial charge >= 0.3 is 0 Å². The largest absolute Gasteiger partial charge is 0.355 e. The molecule has 1 aromatic heterocycles. The molecule has 0 amide bonds. The number of rotatable bonds is 2. The lowest BCUT2D eigenvalue weighted by Gasteiger charge is -2.11. The first-order valence-electron chi connectivity index (χ1n) is 6.52. The van der Waals surface area contributed by atoms with Gasteiger partial charge in [-0.15, -0.1) is 0 Å². The Kier molecular flexibility index (Phi) is 3.11. The number of nitrogens with zero attached hydrogens (tertiary/aromatic N) is 1. The monoisotopic (exact) mass is 266 g/mol. The molecular formula is C17H15FN2. The van der Waals surface area contributed by atoms with Gasteiger partial charge in [0, 0.05) is 23.0 Å². The van der Waals surface area contributed by atoms with Crippen LogP contribution in [-0.4, -0.2) is 4.98 Å². The van der Waals surface area contributed by atoms with E-state index < -0.39 is 0 Å². The van der Waals surface area contributed by atoms with E-state index in [2.05, 4.69) is 36.3 Å². The van der Waals surface area contributed by atoms with Gasteiger partial charge in [0.15, 0.2) is 0 Å². The summed E-state index contributed by atoms with van der Waals surface area (Å²) in [4.78, 5) is 4.44. The molecule has 0 fully saturated rings. The predicted octanol–water partition coefficient (Wildman–Crippen LogP) is 4.73. The van der Waals surface area contributed by atoms with Gasteiger partial charge < -0.3 is 5.32 Å². The lowest BCUT2D eigenvalue weighted by atomic mass is 10.1. The average molecular weight is 266 g/mol. The fraction of sp³-hybridized carbons (Fsp3) is 0.118. The summed E-state index contributed by atoms with van der Waals surface area (Å²) in [7, 11) is 0. The summed E-state index contributed by atoms with van der Waals surface area (Å²) in [6.45, 7) is 4.13. The van der Waals surface area contributed by atoms with E-state index >= 15 is 0 Å². The molecule has 0 aliphatic heterocycles. The number of aryl methyl sites for hydroxylation is 2. The standard InChI is InChI=1S/C17H15FN2/c1-11-9-12(2)17-15(10-11)16(7-8-19-17)20-14-5-3-13(18)4-6-14/h3-10H,1-2H3,(H,19,20). The van der Waals surface area contributed by atoms with Gasteiger partial charge in [0.2, 0.25) is 0 Å². The lowest BCUT2D eigenvalue weighted by molar-refractivity contribution is 0.628. The maximum Gasteiger partial charge on any atom is 0.123 e. The van der Waals surface area contributed by atoms with Crippen LogP contribution in [0.25, 0.3) is 10.9 Å². The van der Waals surface area contributed by atoms with E-state index in [1.54, 1.807) is 18.3 Å². The van der Waals surface area contributed by atoms with Crippen LogP contribution >= 0.6 is 0 Å². The molecule has 0 saturated heterocycles. The molecule has 1 N–H and O–H groups in total. The molecule has 0 spiro atoms. The summed E-state index contributed by atoms with van der Waals surface area (Å²) < 4.78 is 12.9. The molecule has 3 heteroatoms. The topological polar surface area (TPSA) is 24.9 Å². The molecule has 0 bridgehead atoms. The number of nitrogens with one attached hydrogen (secondary N) is 1. The third-order valence-electron chi connectivity index (χ3n) is 3.30. The number of hydrogen-bond donors (Lipinski definition) is 1. The van der Waals surface area contributed by atoms with Gasteiger partial charge in [-0.2, -0.15) is 0 Å². The van der Waals surface area contributed by atoms with Crippen LogP contribution in [0.3, 0.4) is 0 Å². The van der Waals surface area contributed by atoms with Crippen molar-refractivity contribution in [1.29, 1.82) is 0 Å². The number of pyridine rings is 1. The molecule has 20 heavy (non-hydrogen) atoms. The second kappa shape index (κ2) is 4.93. The molecule has 2 aromatic carbocycles. The van der Waals surface area contributed by atoms with E-state index in [0.717, 1.165) is 27.8 Å². The maximum atomic E-state index is 12.9. The number of anilines is 2. The minimum Gasteiger partial charge on any atom is -0.355 e. The van der Waals surface area contributed by atoms with Crippen molar-refractivity contribution in [3.8, 4) is 0 Å². The van der Waals surface area contributed by atoms with Crippen LogP contribution in [0.5, 0.6) is 0 Å². The Balaban J connectivity index is 2.09. The van der Waals surface area contributed by atoms with Gasteiger partial charge in [-0.05, 0) is 55.8 Å². The van der Waals surface area contributed by atoms with E-state index in [4.69, 9.17) is 0 Å². The van der Waals surface area contributed by atoms with E-state index in [9.17, 15) is 4.39 Å². The average Bonchev–Trinajstić information content (AvgIpc) is 2.42. The molecule has 3 rings (SSSR count). The quantitative estimate of drug-likeness (QED) is 0.725. The number of halogens is 1. The molecule has 0 aliphatic rings. The van der Waals surface area contributed by atoms with Crippen LogP contribution in [0.15, 0.2) is 48.7 Å². The van der Waals surface area contributed by atoms with Crippen LogP contribution in [0, 0.1) is 19.7 Å². The van der Waals surface area contributed by atoms with Gasteiger partial charge in [-0.25, -0.2) is 4.39 Å². The van der Waals surface area contributed by atoms with Crippen molar-refractivity contribution in [3.05, 3.63) is 65.6 Å². The summed E-state index contributed by atoms with van der Waals surface area (Å²) in [6.07, 6.45) is 1.79. The molecule has 0 atom stereocenters. The fourth-order valence-electron chi connectivity index (χ4n) is 2.41. The fourth-order valence-corrected chi connectivity index (χ4v) is 2.41. The third-order valence-corrected chi connectivity index (χ3v) is 3.30. The lowest BCUT2D eigenvalue weighted by Crippen LogP contribution is -1.94. The maximum absolute atomic E-state index is 12.9. The predicted molar refractivity (Wildman–Crippen MR) is 80.9 cm³/mol. The van der Waals surface area contributed by atoms with E-state index in [1.165, 1.54) is 17.7 Å². The van der Waals surface area contributed by atoms with Crippen molar-refractivity contribution >= 4 is 22.3 Å². The third kappa shape index (κ3) is 2.35. The van der Waals surface area contributed by atoms with Crippen LogP contribution in [0.1, 0.15) is 11.1 Å². The molecule has 100 valence electrons. The zero-order valence-corrected chi connectivity index (χ0v) is 11.4. The van der Waals surface area contributed by atoms with Gasteiger partial charge in [0.1, 0.15) is 5.82 Å². The Labute approximate surface area is 117 Å². The van der Waals surface area contributed by atoms with Gasteiger partial charge in [-0.1, -0.05) is 11.6 Å². The zero-order chi connectivity index (χ0) is 14.1. The summed E-state index contributed by atoms with van der Waals surface area (Å²) in [6, 6.07) is 12.5. The van der Waals surface area contributed by atoms with Crippen LogP contribution < -0.4 is 5.32 Å². The number of hydrogen-bond acceptors (Lipinski definition) is 2. The second-order valence-corrected chi connectivity index (χ2v) is 4.97. The molecule has 0 saturated carbocycles. The summed E-state index contributed by atoms with van der Waals surface area (Å²) in [5.41, 5.74) is 5.18. The first-order chi connectivity index (χ1) is 9.63. The van der Waals surface area contributed by atoms with Crippen molar-refractivity contribution < 1.29 is 4.39 Å². The van der Waals surface area contributed by atoms with E-state index in [1.807, 2.05) is 6.07 Å². The summed E-state index contributed by atoms with van der Waals surface area (Å²) >= 11 is 0. The molecule has 2 nitrogen and oxygen atoms in total. The molecular weight excluding hydrogens is 251 g/mol. The zero-order valence-electron chi connectivity index (χ0n) is 11.4. The van der Waals surface area contributed by atoms with Gasteiger partial charge in [0.05, 0.1) is 5.52 Å². The minimum atomic E-state index is -0.234. The van der Waals surface area contributed by atoms with Crippen molar-refractivity contribution in [1.82, 2.24) is 4.98 Å². The van der Waals surface area contributed by atoms with E-state index in [-0.39, 0.29) is 5.82 Å². The first kappa shape index (κ1) is 12.6. The highest BCUT2D eigenvalue weighted by Crippen LogP contribution is 2.28. The Bertz CT molecular complexity index is 764. The van der Waals surface area contributed by atoms with Crippen molar-refractivity contribution in [3.63, 3.8) is 0 Å². The highest BCUT2D eigenvalue weighted by Gasteiger charge is 2.05.